The van der Waals surface area contributed by atoms with Gasteiger partial charge >= 0.3 is 6.18 Å². The fourth-order valence-electron chi connectivity index (χ4n) is 3.13. The van der Waals surface area contributed by atoms with Crippen molar-refractivity contribution in [2.75, 3.05) is 29.9 Å². The number of rotatable bonds is 4. The molecule has 0 saturated carbocycles. The molecule has 0 unspecified atom stereocenters. The van der Waals surface area contributed by atoms with E-state index < -0.39 is 17.7 Å². The quantitative estimate of drug-likeness (QED) is 0.706. The monoisotopic (exact) mass is 434 g/mol. The van der Waals surface area contributed by atoms with Crippen LogP contribution in [0.25, 0.3) is 5.57 Å². The van der Waals surface area contributed by atoms with E-state index >= 15 is 0 Å². The summed E-state index contributed by atoms with van der Waals surface area (Å²) in [5.41, 5.74) is 0.345. The Bertz CT molecular complexity index is 953. The summed E-state index contributed by atoms with van der Waals surface area (Å²) in [6.45, 7) is 3.07. The van der Waals surface area contributed by atoms with Crippen LogP contribution in [0.2, 0.25) is 0 Å². The zero-order valence-corrected chi connectivity index (χ0v) is 17.1. The number of anilines is 1. The fourth-order valence-corrected chi connectivity index (χ4v) is 4.04. The number of carbonyl (C=O) groups is 2. The van der Waals surface area contributed by atoms with E-state index in [4.69, 9.17) is 0 Å². The fraction of sp³-hybridized carbons (Fsp3) is 0.273. The number of carbonyl (C=O) groups excluding carboxylic acids is 2. The molecule has 1 aliphatic rings. The van der Waals surface area contributed by atoms with Crippen molar-refractivity contribution in [1.82, 2.24) is 4.90 Å². The predicted octanol–water partition coefficient (Wildman–Crippen LogP) is 4.77. The number of halogens is 3. The second kappa shape index (κ2) is 9.38. The van der Waals surface area contributed by atoms with Crippen LogP contribution in [-0.2, 0) is 4.79 Å². The summed E-state index contributed by atoms with van der Waals surface area (Å²) < 4.78 is 40.2. The maximum absolute atomic E-state index is 13.4. The number of aryl methyl sites for hydroxylation is 1. The van der Waals surface area contributed by atoms with Crippen molar-refractivity contribution in [2.24, 2.45) is 0 Å². The summed E-state index contributed by atoms with van der Waals surface area (Å²) in [4.78, 5) is 26.7. The topological polar surface area (TPSA) is 49.4 Å². The second-order valence-corrected chi connectivity index (χ2v) is 8.07. The lowest BCUT2D eigenvalue weighted by Gasteiger charge is -2.26. The molecule has 0 bridgehead atoms. The molecule has 1 saturated heterocycles. The highest BCUT2D eigenvalue weighted by molar-refractivity contribution is 7.99. The lowest BCUT2D eigenvalue weighted by Crippen LogP contribution is -2.37. The van der Waals surface area contributed by atoms with E-state index in [0.717, 1.165) is 11.5 Å². The number of hydrogen-bond acceptors (Lipinski definition) is 3. The highest BCUT2D eigenvalue weighted by atomic mass is 32.2. The number of nitrogens with zero attached hydrogens (tertiary/aromatic N) is 1. The van der Waals surface area contributed by atoms with Crippen LogP contribution in [0.15, 0.2) is 54.6 Å². The SMILES string of the molecule is Cc1cc(C(=O)N2CCSCC2)ccc1NC(=O)/C=C(/c1ccccc1)C(F)(F)F. The van der Waals surface area contributed by atoms with Crippen LogP contribution in [0.3, 0.4) is 0 Å². The van der Waals surface area contributed by atoms with Crippen LogP contribution in [0.1, 0.15) is 21.5 Å². The average Bonchev–Trinajstić information content (AvgIpc) is 2.73. The van der Waals surface area contributed by atoms with E-state index in [1.807, 2.05) is 0 Å². The molecule has 0 aromatic heterocycles. The van der Waals surface area contributed by atoms with E-state index in [1.165, 1.54) is 24.3 Å². The lowest BCUT2D eigenvalue weighted by atomic mass is 10.0. The largest absolute Gasteiger partial charge is 0.417 e. The number of hydrogen-bond donors (Lipinski definition) is 1. The van der Waals surface area contributed by atoms with E-state index in [0.29, 0.717) is 36.0 Å². The van der Waals surface area contributed by atoms with Gasteiger partial charge in [-0.2, -0.15) is 24.9 Å². The Morgan fingerprint density at radius 3 is 2.30 bits per heavy atom. The van der Waals surface area contributed by atoms with Crippen LogP contribution in [0, 0.1) is 6.92 Å². The third kappa shape index (κ3) is 5.44. The zero-order chi connectivity index (χ0) is 21.7. The van der Waals surface area contributed by atoms with Crippen LogP contribution < -0.4 is 5.32 Å². The van der Waals surface area contributed by atoms with Gasteiger partial charge in [0.15, 0.2) is 0 Å². The van der Waals surface area contributed by atoms with Gasteiger partial charge in [-0.3, -0.25) is 9.59 Å². The molecule has 3 rings (SSSR count). The molecule has 0 spiro atoms. The maximum Gasteiger partial charge on any atom is 0.417 e. The maximum atomic E-state index is 13.4. The molecule has 1 fully saturated rings. The minimum atomic E-state index is -4.67. The highest BCUT2D eigenvalue weighted by Gasteiger charge is 2.35. The number of amides is 2. The van der Waals surface area contributed by atoms with Crippen LogP contribution in [-0.4, -0.2) is 47.5 Å². The molecular formula is C22H21F3N2O2S. The van der Waals surface area contributed by atoms with Crippen LogP contribution >= 0.6 is 11.8 Å². The molecule has 2 aromatic carbocycles. The summed E-state index contributed by atoms with van der Waals surface area (Å²) in [6, 6.07) is 11.9. The molecule has 2 amide bonds. The van der Waals surface area contributed by atoms with E-state index in [2.05, 4.69) is 5.32 Å². The number of alkyl halides is 3. The van der Waals surface area contributed by atoms with Crippen molar-refractivity contribution in [3.05, 3.63) is 71.3 Å². The van der Waals surface area contributed by atoms with Gasteiger partial charge in [0.2, 0.25) is 5.91 Å². The van der Waals surface area contributed by atoms with Gasteiger partial charge in [-0.1, -0.05) is 30.3 Å². The summed E-state index contributed by atoms with van der Waals surface area (Å²) in [5.74, 6) is 0.823. The summed E-state index contributed by atoms with van der Waals surface area (Å²) in [5, 5.41) is 2.48. The van der Waals surface area contributed by atoms with Gasteiger partial charge in [0.05, 0.1) is 5.57 Å². The number of nitrogens with one attached hydrogen (secondary N) is 1. The van der Waals surface area contributed by atoms with Gasteiger partial charge in [0.25, 0.3) is 5.91 Å². The highest BCUT2D eigenvalue weighted by Crippen LogP contribution is 2.33. The van der Waals surface area contributed by atoms with E-state index in [9.17, 15) is 22.8 Å². The molecule has 0 radical (unpaired) electrons. The van der Waals surface area contributed by atoms with Gasteiger partial charge in [0.1, 0.15) is 0 Å². The van der Waals surface area contributed by atoms with Gasteiger partial charge in [-0.15, -0.1) is 0 Å². The molecule has 0 atom stereocenters. The Labute approximate surface area is 177 Å². The van der Waals surface area contributed by atoms with E-state index in [-0.39, 0.29) is 11.5 Å². The normalized spacial score (nSPS) is 15.1. The van der Waals surface area contributed by atoms with Gasteiger partial charge in [0, 0.05) is 41.9 Å². The third-order valence-electron chi connectivity index (χ3n) is 4.70. The lowest BCUT2D eigenvalue weighted by molar-refractivity contribution is -0.112. The number of allylic oxidation sites excluding steroid dienone is 1. The van der Waals surface area contributed by atoms with Crippen molar-refractivity contribution in [2.45, 2.75) is 13.1 Å². The Morgan fingerprint density at radius 2 is 1.70 bits per heavy atom. The van der Waals surface area contributed by atoms with Crippen molar-refractivity contribution >= 4 is 34.8 Å². The molecule has 4 nitrogen and oxygen atoms in total. The molecule has 30 heavy (non-hydrogen) atoms. The molecule has 1 aliphatic heterocycles. The molecule has 0 aliphatic carbocycles. The molecule has 1 N–H and O–H groups in total. The molecule has 158 valence electrons. The standard InChI is InChI=1S/C22H21F3N2O2S/c1-15-13-17(21(29)27-9-11-30-12-10-27)7-8-19(15)26-20(28)14-18(22(23,24)25)16-5-3-2-4-6-16/h2-8,13-14H,9-12H2,1H3,(H,26,28)/b18-14-. The minimum Gasteiger partial charge on any atom is -0.337 e. The summed E-state index contributed by atoms with van der Waals surface area (Å²) in [7, 11) is 0. The Hall–Kier alpha value is -2.74. The zero-order valence-electron chi connectivity index (χ0n) is 16.3. The van der Waals surface area contributed by atoms with Crippen LogP contribution in [0.4, 0.5) is 18.9 Å². The molecular weight excluding hydrogens is 413 g/mol. The first kappa shape index (κ1) is 22.0. The Balaban J connectivity index is 1.77. The minimum absolute atomic E-state index is 0.0837. The van der Waals surface area contributed by atoms with Crippen molar-refractivity contribution in [3.8, 4) is 0 Å². The first-order valence-electron chi connectivity index (χ1n) is 9.38. The van der Waals surface area contributed by atoms with Gasteiger partial charge in [-0.05, 0) is 36.2 Å². The van der Waals surface area contributed by atoms with Gasteiger partial charge < -0.3 is 10.2 Å². The molecule has 8 heteroatoms. The molecule has 1 heterocycles. The van der Waals surface area contributed by atoms with E-state index in [1.54, 1.807) is 47.9 Å². The predicted molar refractivity (Wildman–Crippen MR) is 114 cm³/mol. The van der Waals surface area contributed by atoms with Crippen molar-refractivity contribution in [3.63, 3.8) is 0 Å². The average molecular weight is 434 g/mol. The Morgan fingerprint density at radius 1 is 1.03 bits per heavy atom. The van der Waals surface area contributed by atoms with Crippen molar-refractivity contribution in [1.29, 1.82) is 0 Å². The third-order valence-corrected chi connectivity index (χ3v) is 5.64. The smallest absolute Gasteiger partial charge is 0.337 e. The first-order valence-corrected chi connectivity index (χ1v) is 10.5. The summed E-state index contributed by atoms with van der Waals surface area (Å²) in [6.07, 6.45) is -4.12. The second-order valence-electron chi connectivity index (χ2n) is 6.85. The number of benzene rings is 2. The van der Waals surface area contributed by atoms with Crippen LogP contribution in [0.5, 0.6) is 0 Å². The Kier molecular flexibility index (Phi) is 6.87. The molecule has 2 aromatic rings. The number of thioether (sulfide) groups is 1. The summed E-state index contributed by atoms with van der Waals surface area (Å²) >= 11 is 1.80. The van der Waals surface area contributed by atoms with Crippen molar-refractivity contribution < 1.29 is 22.8 Å². The first-order chi connectivity index (χ1) is 14.3. The van der Waals surface area contributed by atoms with Gasteiger partial charge in [-0.25, -0.2) is 0 Å².